The van der Waals surface area contributed by atoms with E-state index >= 15 is 0 Å². The molecule has 0 bridgehead atoms. The second-order valence-corrected chi connectivity index (χ2v) is 4.85. The maximum absolute atomic E-state index is 4.18. The van der Waals surface area contributed by atoms with Crippen molar-refractivity contribution in [2.75, 3.05) is 0 Å². The van der Waals surface area contributed by atoms with E-state index < -0.39 is 0 Å². The molecule has 0 radical (unpaired) electrons. The summed E-state index contributed by atoms with van der Waals surface area (Å²) >= 11 is 0. The third-order valence-corrected chi connectivity index (χ3v) is 3.07. The highest BCUT2D eigenvalue weighted by Gasteiger charge is 2.10. The Balaban J connectivity index is 2.05. The monoisotopic (exact) mass is 240 g/mol. The molecule has 2 rings (SSSR count). The van der Waals surface area contributed by atoms with Crippen LogP contribution in [0.3, 0.4) is 0 Å². The van der Waals surface area contributed by atoms with Crippen molar-refractivity contribution in [1.29, 1.82) is 0 Å². The fourth-order valence-corrected chi connectivity index (χ4v) is 1.97. The molecule has 0 N–H and O–H groups in total. The SMILES string of the molecule is CC(C)N(Cc1ccccc1)Cc1cccnc1. The Morgan fingerprint density at radius 2 is 1.61 bits per heavy atom. The third kappa shape index (κ3) is 3.67. The predicted molar refractivity (Wildman–Crippen MR) is 75.1 cm³/mol. The molecule has 0 fully saturated rings. The minimum absolute atomic E-state index is 0.519. The second kappa shape index (κ2) is 6.31. The zero-order chi connectivity index (χ0) is 12.8. The summed E-state index contributed by atoms with van der Waals surface area (Å²) in [6.07, 6.45) is 3.76. The molecule has 0 atom stereocenters. The van der Waals surface area contributed by atoms with Gasteiger partial charge in [0.15, 0.2) is 0 Å². The maximum atomic E-state index is 4.18. The fourth-order valence-electron chi connectivity index (χ4n) is 1.97. The zero-order valence-electron chi connectivity index (χ0n) is 11.1. The summed E-state index contributed by atoms with van der Waals surface area (Å²) in [6, 6.07) is 15.3. The van der Waals surface area contributed by atoms with Crippen LogP contribution >= 0.6 is 0 Å². The number of rotatable bonds is 5. The number of benzene rings is 1. The Morgan fingerprint density at radius 1 is 0.944 bits per heavy atom. The van der Waals surface area contributed by atoms with Gasteiger partial charge in [0.05, 0.1) is 0 Å². The Kier molecular flexibility index (Phi) is 4.48. The lowest BCUT2D eigenvalue weighted by atomic mass is 10.1. The lowest BCUT2D eigenvalue weighted by Crippen LogP contribution is -2.29. The second-order valence-electron chi connectivity index (χ2n) is 4.85. The highest BCUT2D eigenvalue weighted by Crippen LogP contribution is 2.12. The van der Waals surface area contributed by atoms with Gasteiger partial charge in [-0.25, -0.2) is 0 Å². The normalized spacial score (nSPS) is 11.1. The fraction of sp³-hybridized carbons (Fsp3) is 0.312. The van der Waals surface area contributed by atoms with Crippen LogP contribution in [0.1, 0.15) is 25.0 Å². The lowest BCUT2D eigenvalue weighted by Gasteiger charge is -2.26. The predicted octanol–water partition coefficient (Wildman–Crippen LogP) is 3.49. The van der Waals surface area contributed by atoms with Crippen molar-refractivity contribution in [1.82, 2.24) is 9.88 Å². The Morgan fingerprint density at radius 3 is 2.22 bits per heavy atom. The van der Waals surface area contributed by atoms with E-state index in [1.807, 2.05) is 18.5 Å². The largest absolute Gasteiger partial charge is 0.292 e. The Bertz CT molecular complexity index is 410. The van der Waals surface area contributed by atoms with E-state index in [-0.39, 0.29) is 0 Å². The summed E-state index contributed by atoms with van der Waals surface area (Å²) in [4.78, 5) is 6.63. The molecular formula is C16H20N2. The summed E-state index contributed by atoms with van der Waals surface area (Å²) in [7, 11) is 0. The van der Waals surface area contributed by atoms with Crippen LogP contribution in [0.2, 0.25) is 0 Å². The average molecular weight is 240 g/mol. The smallest absolute Gasteiger partial charge is 0.0312 e. The maximum Gasteiger partial charge on any atom is 0.0312 e. The molecular weight excluding hydrogens is 220 g/mol. The summed E-state index contributed by atoms with van der Waals surface area (Å²) in [5, 5.41) is 0. The minimum Gasteiger partial charge on any atom is -0.292 e. The van der Waals surface area contributed by atoms with E-state index in [2.05, 4.69) is 60.1 Å². The van der Waals surface area contributed by atoms with Crippen molar-refractivity contribution < 1.29 is 0 Å². The zero-order valence-corrected chi connectivity index (χ0v) is 11.1. The number of aromatic nitrogens is 1. The molecule has 1 aromatic heterocycles. The Hall–Kier alpha value is -1.67. The molecule has 1 aromatic carbocycles. The number of pyridine rings is 1. The van der Waals surface area contributed by atoms with E-state index in [0.717, 1.165) is 13.1 Å². The molecule has 2 heteroatoms. The number of hydrogen-bond acceptors (Lipinski definition) is 2. The van der Waals surface area contributed by atoms with Crippen LogP contribution < -0.4 is 0 Å². The van der Waals surface area contributed by atoms with Gasteiger partial charge < -0.3 is 0 Å². The average Bonchev–Trinajstić information content (AvgIpc) is 2.40. The lowest BCUT2D eigenvalue weighted by molar-refractivity contribution is 0.203. The van der Waals surface area contributed by atoms with Crippen molar-refractivity contribution in [3.63, 3.8) is 0 Å². The topological polar surface area (TPSA) is 16.1 Å². The highest BCUT2D eigenvalue weighted by atomic mass is 15.1. The molecule has 2 nitrogen and oxygen atoms in total. The van der Waals surface area contributed by atoms with Crippen LogP contribution in [-0.2, 0) is 13.1 Å². The van der Waals surface area contributed by atoms with Crippen LogP contribution in [0.4, 0.5) is 0 Å². The van der Waals surface area contributed by atoms with Crippen molar-refractivity contribution in [3.05, 3.63) is 66.0 Å². The molecule has 2 aromatic rings. The highest BCUT2D eigenvalue weighted by molar-refractivity contribution is 5.15. The van der Waals surface area contributed by atoms with Crippen molar-refractivity contribution in [3.8, 4) is 0 Å². The molecule has 18 heavy (non-hydrogen) atoms. The Labute approximate surface area is 109 Å². The van der Waals surface area contributed by atoms with Gasteiger partial charge in [-0.3, -0.25) is 9.88 Å². The van der Waals surface area contributed by atoms with E-state index in [0.29, 0.717) is 6.04 Å². The van der Waals surface area contributed by atoms with Crippen LogP contribution in [0.25, 0.3) is 0 Å². The quantitative estimate of drug-likeness (QED) is 0.795. The van der Waals surface area contributed by atoms with E-state index in [4.69, 9.17) is 0 Å². The van der Waals surface area contributed by atoms with Gasteiger partial charge in [0.1, 0.15) is 0 Å². The molecule has 94 valence electrons. The molecule has 0 aliphatic heterocycles. The summed E-state index contributed by atoms with van der Waals surface area (Å²) in [5.74, 6) is 0. The van der Waals surface area contributed by atoms with Crippen LogP contribution in [0.15, 0.2) is 54.9 Å². The van der Waals surface area contributed by atoms with Gasteiger partial charge in [-0.1, -0.05) is 36.4 Å². The number of hydrogen-bond donors (Lipinski definition) is 0. The summed E-state index contributed by atoms with van der Waals surface area (Å²) in [6.45, 7) is 6.40. The van der Waals surface area contributed by atoms with Gasteiger partial charge in [-0.05, 0) is 31.0 Å². The van der Waals surface area contributed by atoms with Crippen LogP contribution in [-0.4, -0.2) is 15.9 Å². The molecule has 0 unspecified atom stereocenters. The summed E-state index contributed by atoms with van der Waals surface area (Å²) < 4.78 is 0. The number of nitrogens with zero attached hydrogens (tertiary/aromatic N) is 2. The van der Waals surface area contributed by atoms with Crippen molar-refractivity contribution >= 4 is 0 Å². The van der Waals surface area contributed by atoms with E-state index in [9.17, 15) is 0 Å². The van der Waals surface area contributed by atoms with E-state index in [1.165, 1.54) is 11.1 Å². The first kappa shape index (κ1) is 12.8. The molecule has 0 spiro atoms. The van der Waals surface area contributed by atoms with Gasteiger partial charge in [-0.15, -0.1) is 0 Å². The molecule has 1 heterocycles. The molecule has 0 saturated heterocycles. The van der Waals surface area contributed by atoms with E-state index in [1.54, 1.807) is 0 Å². The minimum atomic E-state index is 0.519. The summed E-state index contributed by atoms with van der Waals surface area (Å²) in [5.41, 5.74) is 2.62. The first-order chi connectivity index (χ1) is 8.75. The molecule has 0 aliphatic rings. The molecule has 0 saturated carbocycles. The van der Waals surface area contributed by atoms with Crippen molar-refractivity contribution in [2.45, 2.75) is 33.0 Å². The third-order valence-electron chi connectivity index (χ3n) is 3.07. The standard InChI is InChI=1S/C16H20N2/c1-14(2)18(12-15-7-4-3-5-8-15)13-16-9-6-10-17-11-16/h3-11,14H,12-13H2,1-2H3. The van der Waals surface area contributed by atoms with Crippen LogP contribution in [0.5, 0.6) is 0 Å². The van der Waals surface area contributed by atoms with Crippen molar-refractivity contribution in [2.24, 2.45) is 0 Å². The molecule has 0 aliphatic carbocycles. The van der Waals surface area contributed by atoms with Gasteiger partial charge in [-0.2, -0.15) is 0 Å². The van der Waals surface area contributed by atoms with Crippen LogP contribution in [0, 0.1) is 0 Å². The van der Waals surface area contributed by atoms with Gasteiger partial charge in [0.2, 0.25) is 0 Å². The molecule has 0 amide bonds. The first-order valence-electron chi connectivity index (χ1n) is 6.42. The van der Waals surface area contributed by atoms with Gasteiger partial charge in [0.25, 0.3) is 0 Å². The van der Waals surface area contributed by atoms with Gasteiger partial charge in [0, 0.05) is 31.5 Å². The van der Waals surface area contributed by atoms with Gasteiger partial charge >= 0.3 is 0 Å². The first-order valence-corrected chi connectivity index (χ1v) is 6.42.